The number of hydrogen-bond acceptors (Lipinski definition) is 8. The zero-order valence-electron chi connectivity index (χ0n) is 18.4. The molecule has 0 amide bonds. The summed E-state index contributed by atoms with van der Waals surface area (Å²) in [6.45, 7) is 7.79. The molecule has 3 N–H and O–H groups in total. The van der Waals surface area contributed by atoms with E-state index in [0.717, 1.165) is 61.4 Å². The number of nitrogens with zero attached hydrogens (tertiary/aromatic N) is 4. The van der Waals surface area contributed by atoms with Crippen molar-refractivity contribution in [3.8, 4) is 0 Å². The lowest BCUT2D eigenvalue weighted by atomic mass is 10.0. The molecule has 0 atom stereocenters. The molecule has 0 aromatic carbocycles. The Morgan fingerprint density at radius 2 is 2.00 bits per heavy atom. The van der Waals surface area contributed by atoms with Gasteiger partial charge in [-0.2, -0.15) is 4.98 Å². The Bertz CT molecular complexity index is 999. The summed E-state index contributed by atoms with van der Waals surface area (Å²) in [4.78, 5) is 16.1. The van der Waals surface area contributed by atoms with Gasteiger partial charge in [0.05, 0.1) is 16.8 Å². The van der Waals surface area contributed by atoms with Crippen molar-refractivity contribution in [3.63, 3.8) is 0 Å². The van der Waals surface area contributed by atoms with E-state index in [0.29, 0.717) is 18.5 Å². The number of aryl methyl sites for hydroxylation is 3. The van der Waals surface area contributed by atoms with Crippen LogP contribution in [-0.4, -0.2) is 58.9 Å². The number of nitrogens with one attached hydrogen (secondary N) is 2. The molecular formula is C23H32N6OS. The Balaban J connectivity index is 1.32. The SMILES string of the molecule is Cc1ccncc1CCCNC1CCN(c2nc(NCCO)nc3c(C)csc23)CC1. The third-order valence-corrected chi connectivity index (χ3v) is 7.05. The van der Waals surface area contributed by atoms with Gasteiger partial charge in [-0.15, -0.1) is 11.3 Å². The lowest BCUT2D eigenvalue weighted by Gasteiger charge is -2.33. The molecule has 1 aliphatic heterocycles. The predicted molar refractivity (Wildman–Crippen MR) is 128 cm³/mol. The Morgan fingerprint density at radius 1 is 1.16 bits per heavy atom. The summed E-state index contributed by atoms with van der Waals surface area (Å²) in [7, 11) is 0. The topological polar surface area (TPSA) is 86.2 Å². The zero-order valence-corrected chi connectivity index (χ0v) is 19.2. The summed E-state index contributed by atoms with van der Waals surface area (Å²) in [5, 5.41) is 18.2. The van der Waals surface area contributed by atoms with Crippen LogP contribution in [0.1, 0.15) is 36.0 Å². The van der Waals surface area contributed by atoms with Crippen molar-refractivity contribution < 1.29 is 5.11 Å². The molecule has 166 valence electrons. The number of piperidine rings is 1. The average molecular weight is 441 g/mol. The number of aliphatic hydroxyl groups excluding tert-OH is 1. The van der Waals surface area contributed by atoms with Crippen molar-refractivity contribution in [2.75, 3.05) is 43.0 Å². The van der Waals surface area contributed by atoms with E-state index in [2.05, 4.69) is 50.8 Å². The molecular weight excluding hydrogens is 408 g/mol. The quantitative estimate of drug-likeness (QED) is 0.440. The van der Waals surface area contributed by atoms with E-state index in [1.165, 1.54) is 16.7 Å². The number of anilines is 2. The smallest absolute Gasteiger partial charge is 0.225 e. The molecule has 1 fully saturated rings. The molecule has 3 aromatic heterocycles. The van der Waals surface area contributed by atoms with Crippen molar-refractivity contribution >= 4 is 33.3 Å². The lowest BCUT2D eigenvalue weighted by Crippen LogP contribution is -2.43. The Hall–Kier alpha value is -2.29. The van der Waals surface area contributed by atoms with Gasteiger partial charge in [0.15, 0.2) is 5.82 Å². The van der Waals surface area contributed by atoms with E-state index >= 15 is 0 Å². The lowest BCUT2D eigenvalue weighted by molar-refractivity contribution is 0.311. The first kappa shape index (κ1) is 21.9. The first-order valence-electron chi connectivity index (χ1n) is 11.1. The van der Waals surface area contributed by atoms with Gasteiger partial charge in [-0.3, -0.25) is 4.98 Å². The zero-order chi connectivity index (χ0) is 21.6. The van der Waals surface area contributed by atoms with Crippen LogP contribution in [0, 0.1) is 13.8 Å². The van der Waals surface area contributed by atoms with Crippen molar-refractivity contribution in [3.05, 3.63) is 40.5 Å². The summed E-state index contributed by atoms with van der Waals surface area (Å²) in [5.74, 6) is 1.62. The Labute approximate surface area is 187 Å². The molecule has 0 unspecified atom stereocenters. The van der Waals surface area contributed by atoms with E-state index in [1.807, 2.05) is 12.4 Å². The van der Waals surface area contributed by atoms with Crippen molar-refractivity contribution in [2.45, 2.75) is 45.6 Å². The number of hydrogen-bond donors (Lipinski definition) is 3. The molecule has 1 aliphatic rings. The van der Waals surface area contributed by atoms with Gasteiger partial charge in [-0.25, -0.2) is 4.98 Å². The van der Waals surface area contributed by atoms with Gasteiger partial charge in [0.1, 0.15) is 0 Å². The van der Waals surface area contributed by atoms with Gasteiger partial charge in [0.25, 0.3) is 0 Å². The van der Waals surface area contributed by atoms with E-state index < -0.39 is 0 Å². The second kappa shape index (κ2) is 10.3. The van der Waals surface area contributed by atoms with Gasteiger partial charge in [0, 0.05) is 38.1 Å². The van der Waals surface area contributed by atoms with Gasteiger partial charge in [-0.1, -0.05) is 0 Å². The number of aromatic nitrogens is 3. The highest BCUT2D eigenvalue weighted by atomic mass is 32.1. The highest BCUT2D eigenvalue weighted by Gasteiger charge is 2.23. The maximum absolute atomic E-state index is 9.13. The molecule has 31 heavy (non-hydrogen) atoms. The van der Waals surface area contributed by atoms with Gasteiger partial charge < -0.3 is 20.6 Å². The van der Waals surface area contributed by atoms with Crippen LogP contribution in [0.2, 0.25) is 0 Å². The minimum atomic E-state index is 0.0662. The summed E-state index contributed by atoms with van der Waals surface area (Å²) < 4.78 is 1.16. The Kier molecular flexibility index (Phi) is 7.32. The number of fused-ring (bicyclic) bond motifs is 1. The number of rotatable bonds is 9. The van der Waals surface area contributed by atoms with Crippen LogP contribution in [0.4, 0.5) is 11.8 Å². The summed E-state index contributed by atoms with van der Waals surface area (Å²) in [6.07, 6.45) is 8.29. The molecule has 1 saturated heterocycles. The molecule has 0 bridgehead atoms. The standard InChI is InChI=1S/C23H32N6OS/c1-16-5-9-24-14-18(16)4-3-8-25-19-6-11-29(12-7-19)22-21-20(17(2)15-31-21)27-23(28-22)26-10-13-30/h5,9,14-15,19,25,30H,3-4,6-8,10-13H2,1-2H3,(H,26,27,28). The number of thiophene rings is 1. The predicted octanol–water partition coefficient (Wildman–Crippen LogP) is 3.30. The largest absolute Gasteiger partial charge is 0.395 e. The van der Waals surface area contributed by atoms with E-state index in [4.69, 9.17) is 10.1 Å². The summed E-state index contributed by atoms with van der Waals surface area (Å²) in [6, 6.07) is 2.64. The first-order chi connectivity index (χ1) is 15.2. The molecule has 8 heteroatoms. The third kappa shape index (κ3) is 5.31. The van der Waals surface area contributed by atoms with E-state index in [-0.39, 0.29) is 6.61 Å². The summed E-state index contributed by atoms with van der Waals surface area (Å²) in [5.41, 5.74) is 4.87. The second-order valence-corrected chi connectivity index (χ2v) is 9.12. The second-order valence-electron chi connectivity index (χ2n) is 8.24. The molecule has 0 spiro atoms. The molecule has 3 aromatic rings. The van der Waals surface area contributed by atoms with Crippen molar-refractivity contribution in [1.82, 2.24) is 20.3 Å². The highest BCUT2D eigenvalue weighted by molar-refractivity contribution is 7.18. The maximum atomic E-state index is 9.13. The fourth-order valence-electron chi connectivity index (χ4n) is 4.12. The van der Waals surface area contributed by atoms with Crippen LogP contribution in [0.3, 0.4) is 0 Å². The molecule has 4 rings (SSSR count). The van der Waals surface area contributed by atoms with Gasteiger partial charge >= 0.3 is 0 Å². The van der Waals surface area contributed by atoms with E-state index in [1.54, 1.807) is 11.3 Å². The Morgan fingerprint density at radius 3 is 2.77 bits per heavy atom. The van der Waals surface area contributed by atoms with Crippen LogP contribution in [0.5, 0.6) is 0 Å². The molecule has 7 nitrogen and oxygen atoms in total. The van der Waals surface area contributed by atoms with E-state index in [9.17, 15) is 0 Å². The molecule has 4 heterocycles. The maximum Gasteiger partial charge on any atom is 0.225 e. The minimum absolute atomic E-state index is 0.0662. The third-order valence-electron chi connectivity index (χ3n) is 5.97. The normalized spacial score (nSPS) is 15.0. The van der Waals surface area contributed by atoms with Crippen LogP contribution in [0.25, 0.3) is 10.2 Å². The first-order valence-corrected chi connectivity index (χ1v) is 12.0. The minimum Gasteiger partial charge on any atom is -0.395 e. The van der Waals surface area contributed by atoms with Crippen LogP contribution >= 0.6 is 11.3 Å². The van der Waals surface area contributed by atoms with Crippen molar-refractivity contribution in [2.24, 2.45) is 0 Å². The van der Waals surface area contributed by atoms with Gasteiger partial charge in [0.2, 0.25) is 5.95 Å². The summed E-state index contributed by atoms with van der Waals surface area (Å²) >= 11 is 1.72. The highest BCUT2D eigenvalue weighted by Crippen LogP contribution is 2.34. The fraction of sp³-hybridized carbons (Fsp3) is 0.522. The number of pyridine rings is 1. The van der Waals surface area contributed by atoms with Crippen molar-refractivity contribution in [1.29, 1.82) is 0 Å². The van der Waals surface area contributed by atoms with Crippen LogP contribution < -0.4 is 15.5 Å². The average Bonchev–Trinajstić information content (AvgIpc) is 3.17. The number of aliphatic hydroxyl groups is 1. The van der Waals surface area contributed by atoms with Crippen LogP contribution in [0.15, 0.2) is 23.8 Å². The molecule has 0 radical (unpaired) electrons. The molecule has 0 saturated carbocycles. The fourth-order valence-corrected chi connectivity index (χ4v) is 5.12. The molecule has 0 aliphatic carbocycles. The monoisotopic (exact) mass is 440 g/mol. The van der Waals surface area contributed by atoms with Gasteiger partial charge in [-0.05, 0) is 74.2 Å². The van der Waals surface area contributed by atoms with Crippen LogP contribution in [-0.2, 0) is 6.42 Å².